The van der Waals surface area contributed by atoms with Gasteiger partial charge in [-0.1, -0.05) is 139 Å². The third-order valence-electron chi connectivity index (χ3n) is 9.82. The molecule has 50 heavy (non-hydrogen) atoms. The van der Waals surface area contributed by atoms with Gasteiger partial charge < -0.3 is 10.0 Å². The molecule has 0 radical (unpaired) electrons. The summed E-state index contributed by atoms with van der Waals surface area (Å²) in [7, 11) is -8.01. The number of benzene rings is 1. The zero-order valence-electron chi connectivity index (χ0n) is 32.4. The fourth-order valence-corrected chi connectivity index (χ4v) is 9.26. The normalized spacial score (nSPS) is 15.0. The van der Waals surface area contributed by atoms with Crippen LogP contribution in [0.4, 0.5) is 11.6 Å². The first kappa shape index (κ1) is 42.1. The van der Waals surface area contributed by atoms with Crippen LogP contribution in [0.25, 0.3) is 0 Å². The summed E-state index contributed by atoms with van der Waals surface area (Å²) in [5.41, 5.74) is 1.40. The standard InChI is InChI=1S/C39H66N4O5S2/c1-9-11-13-15-17-22-26-49(45,46)36-40-35(41-37(42-36)50(47,48)27-23-18-16-14-12-10-2)43(30-24-20-19-21-25-30)31-28-32(38(3,4)5)34(44)33(29-31)39(6,7)8/h28-30,44H,9-27H2,1-8H3. The highest BCUT2D eigenvalue weighted by molar-refractivity contribution is 7.91. The molecule has 1 aromatic carbocycles. The molecular weight excluding hydrogens is 669 g/mol. The summed E-state index contributed by atoms with van der Waals surface area (Å²) in [4.78, 5) is 15.4. The predicted molar refractivity (Wildman–Crippen MR) is 205 cm³/mol. The van der Waals surface area contributed by atoms with Crippen molar-refractivity contribution >= 4 is 31.3 Å². The minimum atomic E-state index is -4.00. The molecule has 2 aromatic rings. The predicted octanol–water partition coefficient (Wildman–Crippen LogP) is 9.91. The van der Waals surface area contributed by atoms with Crippen LogP contribution in [0.3, 0.4) is 0 Å². The van der Waals surface area contributed by atoms with Crippen LogP contribution < -0.4 is 4.90 Å². The van der Waals surface area contributed by atoms with Crippen molar-refractivity contribution in [1.29, 1.82) is 0 Å². The van der Waals surface area contributed by atoms with Gasteiger partial charge in [0.15, 0.2) is 0 Å². The number of phenolic OH excluding ortho intramolecular Hbond substituents is 1. The number of nitrogens with zero attached hydrogens (tertiary/aromatic N) is 4. The summed E-state index contributed by atoms with van der Waals surface area (Å²) in [6.07, 6.45) is 15.6. The van der Waals surface area contributed by atoms with E-state index in [-0.39, 0.29) is 29.2 Å². The van der Waals surface area contributed by atoms with Crippen molar-refractivity contribution in [2.75, 3.05) is 16.4 Å². The van der Waals surface area contributed by atoms with E-state index in [4.69, 9.17) is 0 Å². The number of hydrogen-bond acceptors (Lipinski definition) is 9. The first-order valence-corrected chi connectivity index (χ1v) is 22.6. The van der Waals surface area contributed by atoms with Gasteiger partial charge in [0.05, 0.1) is 11.5 Å². The smallest absolute Gasteiger partial charge is 0.253 e. The second kappa shape index (κ2) is 18.5. The number of hydrogen-bond donors (Lipinski definition) is 1. The van der Waals surface area contributed by atoms with E-state index in [1.54, 1.807) is 0 Å². The highest BCUT2D eigenvalue weighted by Crippen LogP contribution is 2.44. The van der Waals surface area contributed by atoms with Gasteiger partial charge in [0.2, 0.25) is 25.6 Å². The number of sulfone groups is 2. The SMILES string of the molecule is CCCCCCCCS(=O)(=O)c1nc(N(c2cc(C(C)(C)C)c(O)c(C(C)(C)C)c2)C2CCCCC2)nc(S(=O)(=O)CCCCCCCC)n1. The molecule has 1 N–H and O–H groups in total. The maximum Gasteiger partial charge on any atom is 0.253 e. The highest BCUT2D eigenvalue weighted by atomic mass is 32.2. The minimum Gasteiger partial charge on any atom is -0.507 e. The van der Waals surface area contributed by atoms with Crippen molar-refractivity contribution in [3.05, 3.63) is 23.3 Å². The zero-order valence-corrected chi connectivity index (χ0v) is 34.0. The lowest BCUT2D eigenvalue weighted by atomic mass is 9.79. The second-order valence-electron chi connectivity index (χ2n) is 16.4. The Balaban J connectivity index is 2.21. The van der Waals surface area contributed by atoms with Crippen molar-refractivity contribution in [3.63, 3.8) is 0 Å². The van der Waals surface area contributed by atoms with Crippen LogP contribution in [-0.4, -0.2) is 54.4 Å². The molecule has 0 amide bonds. The number of aromatic hydroxyl groups is 1. The Hall–Kier alpha value is -2.27. The number of aromatic nitrogens is 3. The number of anilines is 2. The first-order chi connectivity index (χ1) is 23.4. The Labute approximate surface area is 304 Å². The van der Waals surface area contributed by atoms with Crippen LogP contribution in [0.5, 0.6) is 5.75 Å². The Bertz CT molecular complexity index is 1490. The first-order valence-electron chi connectivity index (χ1n) is 19.3. The van der Waals surface area contributed by atoms with E-state index in [0.29, 0.717) is 18.5 Å². The van der Waals surface area contributed by atoms with Gasteiger partial charge in [-0.3, -0.25) is 0 Å². The molecule has 1 aliphatic rings. The quantitative estimate of drug-likeness (QED) is 0.140. The van der Waals surface area contributed by atoms with Crippen LogP contribution >= 0.6 is 0 Å². The molecule has 9 nitrogen and oxygen atoms in total. The third-order valence-corrected chi connectivity index (χ3v) is 12.9. The maximum atomic E-state index is 13.9. The molecule has 1 aromatic heterocycles. The summed E-state index contributed by atoms with van der Waals surface area (Å²) in [5, 5.41) is 10.6. The molecule has 0 aliphatic heterocycles. The fraction of sp³-hybridized carbons (Fsp3) is 0.769. The molecule has 284 valence electrons. The van der Waals surface area contributed by atoms with Crippen molar-refractivity contribution in [1.82, 2.24) is 15.0 Å². The molecule has 0 atom stereocenters. The number of phenols is 1. The monoisotopic (exact) mass is 734 g/mol. The Kier molecular flexibility index (Phi) is 15.6. The summed E-state index contributed by atoms with van der Waals surface area (Å²) < 4.78 is 55.5. The summed E-state index contributed by atoms with van der Waals surface area (Å²) in [5.74, 6) is -0.0210. The molecule has 1 heterocycles. The van der Waals surface area contributed by atoms with Gasteiger partial charge in [-0.25, -0.2) is 16.8 Å². The molecule has 0 bridgehead atoms. The Morgan fingerprint density at radius 1 is 0.640 bits per heavy atom. The van der Waals surface area contributed by atoms with Gasteiger partial charge in [0.1, 0.15) is 5.75 Å². The lowest BCUT2D eigenvalue weighted by Crippen LogP contribution is -2.36. The lowest BCUT2D eigenvalue weighted by Gasteiger charge is -2.37. The largest absolute Gasteiger partial charge is 0.507 e. The second-order valence-corrected chi connectivity index (χ2v) is 20.4. The summed E-state index contributed by atoms with van der Waals surface area (Å²) >= 11 is 0. The molecular formula is C39H66N4O5S2. The van der Waals surface area contributed by atoms with Gasteiger partial charge in [-0.05, 0) is 48.6 Å². The molecule has 11 heteroatoms. The van der Waals surface area contributed by atoms with Crippen molar-refractivity contribution in [2.45, 2.75) is 192 Å². The molecule has 1 aliphatic carbocycles. The molecule has 1 fully saturated rings. The third kappa shape index (κ3) is 11.9. The fourth-order valence-electron chi connectivity index (χ4n) is 6.77. The highest BCUT2D eigenvalue weighted by Gasteiger charge is 2.34. The molecule has 0 spiro atoms. The van der Waals surface area contributed by atoms with Crippen molar-refractivity contribution in [2.24, 2.45) is 0 Å². The lowest BCUT2D eigenvalue weighted by molar-refractivity contribution is 0.419. The van der Waals surface area contributed by atoms with E-state index in [1.807, 2.05) is 58.6 Å². The van der Waals surface area contributed by atoms with E-state index in [2.05, 4.69) is 28.8 Å². The topological polar surface area (TPSA) is 130 Å². The zero-order chi connectivity index (χ0) is 37.2. The van der Waals surface area contributed by atoms with Gasteiger partial charge >= 0.3 is 0 Å². The van der Waals surface area contributed by atoms with Crippen LogP contribution in [0.15, 0.2) is 22.4 Å². The summed E-state index contributed by atoms with van der Waals surface area (Å²) in [6, 6.07) is 3.80. The van der Waals surface area contributed by atoms with Gasteiger partial charge in [0, 0.05) is 22.9 Å². The van der Waals surface area contributed by atoms with Crippen LogP contribution in [0.2, 0.25) is 0 Å². The molecule has 1 saturated carbocycles. The van der Waals surface area contributed by atoms with Gasteiger partial charge in [-0.2, -0.15) is 15.0 Å². The van der Waals surface area contributed by atoms with Crippen LogP contribution in [0.1, 0.15) is 176 Å². The van der Waals surface area contributed by atoms with Gasteiger partial charge in [0.25, 0.3) is 10.3 Å². The van der Waals surface area contributed by atoms with E-state index in [0.717, 1.165) is 107 Å². The minimum absolute atomic E-state index is 0.0420. The Morgan fingerprint density at radius 3 is 1.44 bits per heavy atom. The van der Waals surface area contributed by atoms with E-state index >= 15 is 0 Å². The maximum absolute atomic E-state index is 13.9. The van der Waals surface area contributed by atoms with Gasteiger partial charge in [-0.15, -0.1) is 0 Å². The van der Waals surface area contributed by atoms with E-state index in [9.17, 15) is 21.9 Å². The van der Waals surface area contributed by atoms with E-state index < -0.39 is 40.8 Å². The molecule has 3 rings (SSSR count). The molecule has 0 unspecified atom stereocenters. The average molecular weight is 735 g/mol. The van der Waals surface area contributed by atoms with Crippen molar-refractivity contribution in [3.8, 4) is 5.75 Å². The van der Waals surface area contributed by atoms with Crippen molar-refractivity contribution < 1.29 is 21.9 Å². The molecule has 0 saturated heterocycles. The number of unbranched alkanes of at least 4 members (excludes halogenated alkanes) is 10. The van der Waals surface area contributed by atoms with Crippen LogP contribution in [-0.2, 0) is 30.5 Å². The van der Waals surface area contributed by atoms with Crippen LogP contribution in [0, 0.1) is 0 Å². The average Bonchev–Trinajstić information content (AvgIpc) is 3.04. The number of rotatable bonds is 19. The van der Waals surface area contributed by atoms with E-state index in [1.165, 1.54) is 0 Å². The Morgan fingerprint density at radius 2 is 1.04 bits per heavy atom. The summed E-state index contributed by atoms with van der Waals surface area (Å²) in [6.45, 7) is 16.6.